The number of likely N-dealkylation sites (N-methyl/N-ethyl adjacent to an activating group) is 1. The van der Waals surface area contributed by atoms with E-state index in [1.807, 2.05) is 18.3 Å². The van der Waals surface area contributed by atoms with Crippen LogP contribution in [0.5, 0.6) is 5.75 Å². The highest BCUT2D eigenvalue weighted by atomic mass is 16.5. The number of nitrogens with one attached hydrogen (secondary N) is 3. The van der Waals surface area contributed by atoms with Crippen LogP contribution in [0.2, 0.25) is 0 Å². The van der Waals surface area contributed by atoms with E-state index < -0.39 is 0 Å². The first-order valence-corrected chi connectivity index (χ1v) is 7.58. The molecule has 2 heterocycles. The number of hydrogen-bond acceptors (Lipinski definition) is 2. The fourth-order valence-corrected chi connectivity index (χ4v) is 2.93. The molecule has 3 rings (SSSR count). The number of nitrogens with zero attached hydrogens (tertiary/aromatic N) is 1. The zero-order valence-electron chi connectivity index (χ0n) is 12.8. The lowest BCUT2D eigenvalue weighted by atomic mass is 10.1. The maximum absolute atomic E-state index is 5.22. The molecule has 0 bridgehead atoms. The molecule has 1 aliphatic heterocycles. The first-order chi connectivity index (χ1) is 10.3. The third kappa shape index (κ3) is 3.25. The summed E-state index contributed by atoms with van der Waals surface area (Å²) in [6.45, 7) is 6.03. The molecule has 3 N–H and O–H groups in total. The number of hydrogen-bond donors (Lipinski definition) is 3. The fourth-order valence-electron chi connectivity index (χ4n) is 2.93. The van der Waals surface area contributed by atoms with Crippen LogP contribution >= 0.6 is 0 Å². The maximum atomic E-state index is 5.22. The normalized spacial score (nSPS) is 22.2. The second-order valence-electron chi connectivity index (χ2n) is 5.88. The second-order valence-corrected chi connectivity index (χ2v) is 5.88. The monoisotopic (exact) mass is 288 g/mol. The van der Waals surface area contributed by atoms with Gasteiger partial charge in [0.05, 0.1) is 31.6 Å². The van der Waals surface area contributed by atoms with Crippen LogP contribution in [0.4, 0.5) is 0 Å². The summed E-state index contributed by atoms with van der Waals surface area (Å²) >= 11 is 0. The molecule has 5 heteroatoms. The van der Waals surface area contributed by atoms with Crippen LogP contribution < -0.4 is 14.5 Å². The van der Waals surface area contributed by atoms with Crippen LogP contribution in [-0.2, 0) is 6.54 Å². The molecule has 0 spiro atoms. The summed E-state index contributed by atoms with van der Waals surface area (Å²) in [5, 5.41) is 7.40. The molecule has 0 saturated carbocycles. The highest BCUT2D eigenvalue weighted by Crippen LogP contribution is 2.23. The highest BCUT2D eigenvalue weighted by molar-refractivity contribution is 5.63. The van der Waals surface area contributed by atoms with Crippen LogP contribution in [0.3, 0.4) is 0 Å². The third-order valence-electron chi connectivity index (χ3n) is 4.35. The number of quaternary nitrogens is 2. The van der Waals surface area contributed by atoms with Gasteiger partial charge in [-0.15, -0.1) is 0 Å². The lowest BCUT2D eigenvalue weighted by Crippen LogP contribution is -3.26. The summed E-state index contributed by atoms with van der Waals surface area (Å²) in [5.74, 6) is 0.882. The molecule has 1 aromatic heterocycles. The predicted octanol–water partition coefficient (Wildman–Crippen LogP) is -1.00. The average Bonchev–Trinajstić information content (AvgIpc) is 2.98. The first kappa shape index (κ1) is 14.1. The van der Waals surface area contributed by atoms with Crippen molar-refractivity contribution in [3.8, 4) is 17.0 Å². The van der Waals surface area contributed by atoms with Crippen LogP contribution in [0.1, 0.15) is 5.56 Å². The van der Waals surface area contributed by atoms with Crippen LogP contribution in [0, 0.1) is 0 Å². The van der Waals surface area contributed by atoms with E-state index in [1.54, 1.807) is 16.9 Å². The molecule has 0 radical (unpaired) electrons. The standard InChI is InChI=1S/C16H22N4O/c1-19-7-9-20(10-8-19)12-14-11-17-18-16(14)13-3-5-15(21-2)6-4-13/h3-6,11H,7-10,12H2,1-2H3,(H,17,18)/p+2. The van der Waals surface area contributed by atoms with E-state index in [9.17, 15) is 0 Å². The largest absolute Gasteiger partial charge is 0.497 e. The van der Waals surface area contributed by atoms with Crippen molar-refractivity contribution < 1.29 is 14.5 Å². The number of methoxy groups -OCH3 is 1. The molecule has 1 aliphatic rings. The Bertz CT molecular complexity index is 570. The summed E-state index contributed by atoms with van der Waals surface area (Å²) in [7, 11) is 3.97. The molecule has 0 unspecified atom stereocenters. The van der Waals surface area contributed by atoms with Gasteiger partial charge in [0.1, 0.15) is 38.5 Å². The van der Waals surface area contributed by atoms with Gasteiger partial charge in [-0.25, -0.2) is 0 Å². The van der Waals surface area contributed by atoms with Gasteiger partial charge in [-0.1, -0.05) is 0 Å². The molecule has 0 atom stereocenters. The summed E-state index contributed by atoms with van der Waals surface area (Å²) in [4.78, 5) is 3.29. The average molecular weight is 288 g/mol. The van der Waals surface area contributed by atoms with Crippen molar-refractivity contribution in [2.75, 3.05) is 40.3 Å². The van der Waals surface area contributed by atoms with Gasteiger partial charge in [0.25, 0.3) is 0 Å². The number of piperazine rings is 1. The van der Waals surface area contributed by atoms with E-state index in [2.05, 4.69) is 29.4 Å². The van der Waals surface area contributed by atoms with Crippen molar-refractivity contribution in [3.63, 3.8) is 0 Å². The van der Waals surface area contributed by atoms with E-state index in [0.717, 1.165) is 18.0 Å². The topological polar surface area (TPSA) is 46.8 Å². The molecular weight excluding hydrogens is 264 g/mol. The number of benzene rings is 1. The Morgan fingerprint density at radius 2 is 1.86 bits per heavy atom. The lowest BCUT2D eigenvalue weighted by molar-refractivity contribution is -1.01. The van der Waals surface area contributed by atoms with Crippen molar-refractivity contribution in [3.05, 3.63) is 36.0 Å². The Hall–Kier alpha value is -1.85. The summed E-state index contributed by atoms with van der Waals surface area (Å²) in [6.07, 6.45) is 1.97. The fraction of sp³-hybridized carbons (Fsp3) is 0.438. The van der Waals surface area contributed by atoms with Crippen molar-refractivity contribution in [2.45, 2.75) is 6.54 Å². The molecule has 1 fully saturated rings. The number of H-pyrrole nitrogens is 1. The zero-order chi connectivity index (χ0) is 14.7. The number of aromatic nitrogens is 2. The van der Waals surface area contributed by atoms with E-state index in [1.165, 1.54) is 37.3 Å². The maximum Gasteiger partial charge on any atom is 0.127 e. The highest BCUT2D eigenvalue weighted by Gasteiger charge is 2.22. The molecule has 1 saturated heterocycles. The van der Waals surface area contributed by atoms with Crippen molar-refractivity contribution in [1.82, 2.24) is 10.2 Å². The molecule has 1 aromatic carbocycles. The minimum atomic E-state index is 0.882. The van der Waals surface area contributed by atoms with Crippen LogP contribution in [0.25, 0.3) is 11.3 Å². The van der Waals surface area contributed by atoms with Gasteiger partial charge in [0.2, 0.25) is 0 Å². The van der Waals surface area contributed by atoms with Gasteiger partial charge in [0, 0.05) is 5.56 Å². The van der Waals surface area contributed by atoms with Crippen LogP contribution in [0.15, 0.2) is 30.5 Å². The Balaban J connectivity index is 1.74. The minimum Gasteiger partial charge on any atom is -0.497 e. The molecule has 112 valence electrons. The van der Waals surface area contributed by atoms with Crippen molar-refractivity contribution in [1.29, 1.82) is 0 Å². The molecule has 0 aliphatic carbocycles. The number of ether oxygens (including phenoxy) is 1. The lowest BCUT2D eigenvalue weighted by Gasteiger charge is -2.27. The van der Waals surface area contributed by atoms with E-state index in [-0.39, 0.29) is 0 Å². The summed E-state index contributed by atoms with van der Waals surface area (Å²) in [5.41, 5.74) is 3.61. The molecular formula is C16H24N4O+2. The van der Waals surface area contributed by atoms with Gasteiger partial charge in [-0.05, 0) is 24.3 Å². The van der Waals surface area contributed by atoms with Gasteiger partial charge in [0.15, 0.2) is 0 Å². The Morgan fingerprint density at radius 1 is 1.14 bits per heavy atom. The van der Waals surface area contributed by atoms with E-state index in [4.69, 9.17) is 4.74 Å². The van der Waals surface area contributed by atoms with Crippen molar-refractivity contribution >= 4 is 0 Å². The van der Waals surface area contributed by atoms with E-state index >= 15 is 0 Å². The van der Waals surface area contributed by atoms with Gasteiger partial charge >= 0.3 is 0 Å². The Kier molecular flexibility index (Phi) is 4.22. The molecule has 2 aromatic rings. The Morgan fingerprint density at radius 3 is 2.52 bits per heavy atom. The summed E-state index contributed by atoms with van der Waals surface area (Å²) in [6, 6.07) is 8.15. The smallest absolute Gasteiger partial charge is 0.127 e. The molecule has 0 amide bonds. The van der Waals surface area contributed by atoms with Gasteiger partial charge in [-0.2, -0.15) is 5.10 Å². The SMILES string of the molecule is COc1ccc(-c2[nH]ncc2C[NH+]2CC[NH+](C)CC2)cc1. The third-order valence-corrected chi connectivity index (χ3v) is 4.35. The number of rotatable bonds is 4. The predicted molar refractivity (Wildman–Crippen MR) is 81.6 cm³/mol. The van der Waals surface area contributed by atoms with E-state index in [0.29, 0.717) is 0 Å². The van der Waals surface area contributed by atoms with Gasteiger partial charge in [-0.3, -0.25) is 5.10 Å². The van der Waals surface area contributed by atoms with Gasteiger partial charge < -0.3 is 14.5 Å². The minimum absolute atomic E-state index is 0.882. The Labute approximate surface area is 125 Å². The molecule has 5 nitrogen and oxygen atoms in total. The van der Waals surface area contributed by atoms with Crippen LogP contribution in [-0.4, -0.2) is 50.5 Å². The zero-order valence-corrected chi connectivity index (χ0v) is 12.8. The first-order valence-electron chi connectivity index (χ1n) is 7.58. The number of aromatic amines is 1. The molecule has 21 heavy (non-hydrogen) atoms. The quantitative estimate of drug-likeness (QED) is 0.676. The second kappa shape index (κ2) is 6.28. The summed E-state index contributed by atoms with van der Waals surface area (Å²) < 4.78 is 5.22. The van der Waals surface area contributed by atoms with Crippen molar-refractivity contribution in [2.24, 2.45) is 0 Å².